The zero-order valence-corrected chi connectivity index (χ0v) is 8.33. The fraction of sp³-hybridized carbons (Fsp3) is 0.455. The summed E-state index contributed by atoms with van der Waals surface area (Å²) >= 11 is 0. The zero-order chi connectivity index (χ0) is 9.84. The molecule has 1 aromatic heterocycles. The molecule has 0 bridgehead atoms. The number of pyridine rings is 1. The van der Waals surface area contributed by atoms with Crippen LogP contribution in [0.2, 0.25) is 0 Å². The second-order valence-electron chi connectivity index (χ2n) is 3.35. The zero-order valence-electron chi connectivity index (χ0n) is 8.33. The summed E-state index contributed by atoms with van der Waals surface area (Å²) in [5.74, 6) is 0.479. The second kappa shape index (κ2) is 4.04. The van der Waals surface area contributed by atoms with E-state index >= 15 is 0 Å². The number of aromatic nitrogens is 1. The maximum absolute atomic E-state index is 8.66. The van der Waals surface area contributed by atoms with Gasteiger partial charge in [0, 0.05) is 11.9 Å². The Balaban J connectivity index is 3.07. The van der Waals surface area contributed by atoms with Crippen LogP contribution in [-0.4, -0.2) is 4.98 Å². The molecule has 0 saturated carbocycles. The van der Waals surface area contributed by atoms with Gasteiger partial charge in [0.15, 0.2) is 0 Å². The van der Waals surface area contributed by atoms with E-state index in [0.717, 1.165) is 17.7 Å². The van der Waals surface area contributed by atoms with E-state index in [4.69, 9.17) is 5.26 Å². The predicted octanol–water partition coefficient (Wildman–Crippen LogP) is 2.78. The molecule has 0 fully saturated rings. The molecular weight excluding hydrogens is 160 g/mol. The van der Waals surface area contributed by atoms with Gasteiger partial charge in [-0.05, 0) is 30.9 Å². The molecule has 1 aromatic rings. The fourth-order valence-corrected chi connectivity index (χ4v) is 1.36. The molecule has 68 valence electrons. The van der Waals surface area contributed by atoms with E-state index in [1.54, 1.807) is 6.20 Å². The summed E-state index contributed by atoms with van der Waals surface area (Å²) in [6, 6.07) is 3.99. The summed E-state index contributed by atoms with van der Waals surface area (Å²) in [6.07, 6.45) is 2.73. The SMILES string of the molecule is CCC(C)c1ncc(C#N)cc1C. The van der Waals surface area contributed by atoms with Crippen molar-refractivity contribution in [2.75, 3.05) is 0 Å². The van der Waals surface area contributed by atoms with Crippen LogP contribution in [0.3, 0.4) is 0 Å². The lowest BCUT2D eigenvalue weighted by Crippen LogP contribution is -1.99. The molecule has 0 aliphatic carbocycles. The van der Waals surface area contributed by atoms with Crippen molar-refractivity contribution in [2.24, 2.45) is 0 Å². The first-order valence-corrected chi connectivity index (χ1v) is 4.55. The van der Waals surface area contributed by atoms with Crippen LogP contribution in [0.25, 0.3) is 0 Å². The highest BCUT2D eigenvalue weighted by atomic mass is 14.7. The molecule has 1 atom stereocenters. The summed E-state index contributed by atoms with van der Waals surface area (Å²) in [6.45, 7) is 6.31. The topological polar surface area (TPSA) is 36.7 Å². The lowest BCUT2D eigenvalue weighted by Gasteiger charge is -2.10. The molecule has 0 N–H and O–H groups in total. The number of rotatable bonds is 2. The first kappa shape index (κ1) is 9.73. The van der Waals surface area contributed by atoms with Crippen LogP contribution in [0.1, 0.15) is 43.0 Å². The van der Waals surface area contributed by atoms with Gasteiger partial charge in [-0.3, -0.25) is 4.98 Å². The Hall–Kier alpha value is -1.36. The van der Waals surface area contributed by atoms with Crippen molar-refractivity contribution < 1.29 is 0 Å². The molecule has 2 heteroatoms. The summed E-state index contributed by atoms with van der Waals surface area (Å²) in [5.41, 5.74) is 2.87. The normalized spacial score (nSPS) is 12.2. The van der Waals surface area contributed by atoms with Crippen molar-refractivity contribution in [1.29, 1.82) is 5.26 Å². The van der Waals surface area contributed by atoms with Gasteiger partial charge in [0.1, 0.15) is 6.07 Å². The second-order valence-corrected chi connectivity index (χ2v) is 3.35. The Bertz CT molecular complexity index is 336. The van der Waals surface area contributed by atoms with Crippen LogP contribution in [0.4, 0.5) is 0 Å². The van der Waals surface area contributed by atoms with E-state index in [1.165, 1.54) is 0 Å². The Morgan fingerprint density at radius 1 is 1.62 bits per heavy atom. The molecule has 1 unspecified atom stereocenters. The Morgan fingerprint density at radius 3 is 2.77 bits per heavy atom. The van der Waals surface area contributed by atoms with Crippen LogP contribution in [0, 0.1) is 18.3 Å². The van der Waals surface area contributed by atoms with Gasteiger partial charge in [-0.1, -0.05) is 13.8 Å². The van der Waals surface area contributed by atoms with Gasteiger partial charge in [-0.25, -0.2) is 0 Å². The molecule has 1 rings (SSSR count). The molecule has 0 radical (unpaired) electrons. The quantitative estimate of drug-likeness (QED) is 0.691. The van der Waals surface area contributed by atoms with Gasteiger partial charge in [0.2, 0.25) is 0 Å². The Morgan fingerprint density at radius 2 is 2.31 bits per heavy atom. The van der Waals surface area contributed by atoms with Crippen LogP contribution in [0.15, 0.2) is 12.3 Å². The molecule has 13 heavy (non-hydrogen) atoms. The van der Waals surface area contributed by atoms with Crippen molar-refractivity contribution in [3.63, 3.8) is 0 Å². The highest BCUT2D eigenvalue weighted by Gasteiger charge is 2.07. The third-order valence-corrected chi connectivity index (χ3v) is 2.33. The molecule has 1 heterocycles. The van der Waals surface area contributed by atoms with Crippen LogP contribution in [-0.2, 0) is 0 Å². The number of nitrogens with zero attached hydrogens (tertiary/aromatic N) is 2. The third-order valence-electron chi connectivity index (χ3n) is 2.33. The van der Waals surface area contributed by atoms with Crippen molar-refractivity contribution >= 4 is 0 Å². The molecule has 0 aliphatic heterocycles. The molecule has 0 aromatic carbocycles. The number of hydrogen-bond donors (Lipinski definition) is 0. The highest BCUT2D eigenvalue weighted by molar-refractivity contribution is 5.33. The van der Waals surface area contributed by atoms with E-state index in [-0.39, 0.29) is 0 Å². The minimum atomic E-state index is 0.479. The van der Waals surface area contributed by atoms with Gasteiger partial charge >= 0.3 is 0 Å². The number of hydrogen-bond acceptors (Lipinski definition) is 2. The molecule has 2 nitrogen and oxygen atoms in total. The van der Waals surface area contributed by atoms with Gasteiger partial charge in [0.25, 0.3) is 0 Å². The minimum Gasteiger partial charge on any atom is -0.259 e. The minimum absolute atomic E-state index is 0.479. The van der Waals surface area contributed by atoms with Crippen LogP contribution >= 0.6 is 0 Å². The number of nitriles is 1. The fourth-order valence-electron chi connectivity index (χ4n) is 1.36. The molecule has 0 saturated heterocycles. The van der Waals surface area contributed by atoms with Crippen LogP contribution < -0.4 is 0 Å². The largest absolute Gasteiger partial charge is 0.259 e. The monoisotopic (exact) mass is 174 g/mol. The van der Waals surface area contributed by atoms with E-state index in [2.05, 4.69) is 24.9 Å². The van der Waals surface area contributed by atoms with Gasteiger partial charge < -0.3 is 0 Å². The molecule has 0 spiro atoms. The average Bonchev–Trinajstić information content (AvgIpc) is 2.16. The van der Waals surface area contributed by atoms with E-state index in [0.29, 0.717) is 11.5 Å². The first-order chi connectivity index (χ1) is 6.19. The van der Waals surface area contributed by atoms with E-state index < -0.39 is 0 Å². The van der Waals surface area contributed by atoms with E-state index in [9.17, 15) is 0 Å². The average molecular weight is 174 g/mol. The predicted molar refractivity (Wildman–Crippen MR) is 52.4 cm³/mol. The summed E-state index contributed by atoms with van der Waals surface area (Å²) in [4.78, 5) is 4.30. The van der Waals surface area contributed by atoms with Gasteiger partial charge in [-0.2, -0.15) is 5.26 Å². The van der Waals surface area contributed by atoms with Crippen molar-refractivity contribution in [1.82, 2.24) is 4.98 Å². The Kier molecular flexibility index (Phi) is 3.02. The van der Waals surface area contributed by atoms with E-state index in [1.807, 2.05) is 13.0 Å². The standard InChI is InChI=1S/C11H14N2/c1-4-8(2)11-9(3)5-10(6-12)7-13-11/h5,7-8H,4H2,1-3H3. The maximum atomic E-state index is 8.66. The maximum Gasteiger partial charge on any atom is 0.101 e. The number of aryl methyl sites for hydroxylation is 1. The third kappa shape index (κ3) is 2.06. The van der Waals surface area contributed by atoms with Crippen LogP contribution in [0.5, 0.6) is 0 Å². The summed E-state index contributed by atoms with van der Waals surface area (Å²) in [7, 11) is 0. The van der Waals surface area contributed by atoms with Crippen molar-refractivity contribution in [3.05, 3.63) is 29.1 Å². The van der Waals surface area contributed by atoms with Crippen molar-refractivity contribution in [3.8, 4) is 6.07 Å². The Labute approximate surface area is 79.2 Å². The van der Waals surface area contributed by atoms with Gasteiger partial charge in [-0.15, -0.1) is 0 Å². The summed E-state index contributed by atoms with van der Waals surface area (Å²) < 4.78 is 0. The lowest BCUT2D eigenvalue weighted by molar-refractivity contribution is 0.701. The van der Waals surface area contributed by atoms with Crippen molar-refractivity contribution in [2.45, 2.75) is 33.1 Å². The summed E-state index contributed by atoms with van der Waals surface area (Å²) in [5, 5.41) is 8.66. The molecule has 0 aliphatic rings. The lowest BCUT2D eigenvalue weighted by atomic mass is 9.99. The highest BCUT2D eigenvalue weighted by Crippen LogP contribution is 2.20. The first-order valence-electron chi connectivity index (χ1n) is 4.55. The molecular formula is C11H14N2. The van der Waals surface area contributed by atoms with Gasteiger partial charge in [0.05, 0.1) is 5.56 Å². The molecule has 0 amide bonds. The smallest absolute Gasteiger partial charge is 0.101 e.